The van der Waals surface area contributed by atoms with Gasteiger partial charge in [0.05, 0.1) is 13.2 Å². The second kappa shape index (κ2) is 7.33. The van der Waals surface area contributed by atoms with Crippen molar-refractivity contribution < 1.29 is 17.9 Å². The average molecular weight is 368 g/mol. The van der Waals surface area contributed by atoms with Crippen molar-refractivity contribution in [1.82, 2.24) is 9.62 Å². The lowest BCUT2D eigenvalue weighted by Gasteiger charge is -2.16. The predicted molar refractivity (Wildman–Crippen MR) is 94.1 cm³/mol. The van der Waals surface area contributed by atoms with Gasteiger partial charge in [-0.2, -0.15) is 0 Å². The van der Waals surface area contributed by atoms with Crippen LogP contribution < -0.4 is 10.1 Å². The molecule has 8 heteroatoms. The molecule has 24 heavy (non-hydrogen) atoms. The molecule has 1 amide bonds. The average Bonchev–Trinajstić information content (AvgIpc) is 3.08. The molecule has 1 aromatic heterocycles. The van der Waals surface area contributed by atoms with Crippen molar-refractivity contribution in [2.45, 2.75) is 17.9 Å². The van der Waals surface area contributed by atoms with Gasteiger partial charge in [0, 0.05) is 24.5 Å². The Balaban J connectivity index is 2.33. The van der Waals surface area contributed by atoms with Crippen molar-refractivity contribution in [2.24, 2.45) is 0 Å². The number of nitrogens with one attached hydrogen (secondary N) is 1. The summed E-state index contributed by atoms with van der Waals surface area (Å²) in [5.74, 6) is -0.139. The number of ether oxygens (including phenoxy) is 1. The first kappa shape index (κ1) is 18.4. The van der Waals surface area contributed by atoms with Gasteiger partial charge >= 0.3 is 0 Å². The van der Waals surface area contributed by atoms with Gasteiger partial charge in [-0.1, -0.05) is 6.07 Å². The maximum atomic E-state index is 12.4. The summed E-state index contributed by atoms with van der Waals surface area (Å²) < 4.78 is 31.0. The monoisotopic (exact) mass is 368 g/mol. The van der Waals surface area contributed by atoms with E-state index in [1.807, 2.05) is 24.4 Å². The molecule has 6 nitrogen and oxygen atoms in total. The highest BCUT2D eigenvalue weighted by Gasteiger charge is 2.24. The van der Waals surface area contributed by atoms with E-state index in [2.05, 4.69) is 5.32 Å². The number of amides is 1. The summed E-state index contributed by atoms with van der Waals surface area (Å²) in [7, 11) is 0.536. The van der Waals surface area contributed by atoms with Crippen molar-refractivity contribution in [3.05, 3.63) is 46.2 Å². The van der Waals surface area contributed by atoms with E-state index in [1.54, 1.807) is 17.4 Å². The molecule has 0 saturated heterocycles. The van der Waals surface area contributed by atoms with E-state index in [0.29, 0.717) is 0 Å². The summed E-state index contributed by atoms with van der Waals surface area (Å²) in [6.07, 6.45) is 0. The molecular weight excluding hydrogens is 348 g/mol. The predicted octanol–water partition coefficient (Wildman–Crippen LogP) is 2.50. The van der Waals surface area contributed by atoms with Crippen LogP contribution in [0, 0.1) is 0 Å². The van der Waals surface area contributed by atoms with Crippen molar-refractivity contribution in [3.63, 3.8) is 0 Å². The van der Waals surface area contributed by atoms with E-state index in [1.165, 1.54) is 33.3 Å². The van der Waals surface area contributed by atoms with Crippen LogP contribution in [0.15, 0.2) is 40.6 Å². The first-order valence-electron chi connectivity index (χ1n) is 7.22. The molecule has 2 aromatic rings. The fraction of sp³-hybridized carbons (Fsp3) is 0.312. The van der Waals surface area contributed by atoms with Gasteiger partial charge in [-0.25, -0.2) is 12.7 Å². The highest BCUT2D eigenvalue weighted by atomic mass is 32.2. The molecule has 0 aliphatic carbocycles. The third-order valence-electron chi connectivity index (χ3n) is 3.50. The number of hydrogen-bond acceptors (Lipinski definition) is 5. The summed E-state index contributed by atoms with van der Waals surface area (Å²) >= 11 is 1.55. The number of rotatable bonds is 6. The van der Waals surface area contributed by atoms with Crippen LogP contribution in [-0.4, -0.2) is 39.8 Å². The third kappa shape index (κ3) is 3.77. The number of benzene rings is 1. The lowest BCUT2D eigenvalue weighted by Crippen LogP contribution is -2.27. The summed E-state index contributed by atoms with van der Waals surface area (Å²) in [5.41, 5.74) is 0.264. The molecule has 0 aliphatic rings. The van der Waals surface area contributed by atoms with Crippen LogP contribution in [0.1, 0.15) is 28.2 Å². The van der Waals surface area contributed by atoms with Gasteiger partial charge in [-0.3, -0.25) is 4.79 Å². The molecule has 1 heterocycles. The maximum Gasteiger partial charge on any atom is 0.251 e. The second-order valence-corrected chi connectivity index (χ2v) is 8.46. The molecule has 1 unspecified atom stereocenters. The van der Waals surface area contributed by atoms with Crippen molar-refractivity contribution in [2.75, 3.05) is 21.2 Å². The Morgan fingerprint density at radius 1 is 1.29 bits per heavy atom. The quantitative estimate of drug-likeness (QED) is 0.850. The van der Waals surface area contributed by atoms with Gasteiger partial charge in [-0.15, -0.1) is 11.3 Å². The molecule has 1 aromatic carbocycles. The van der Waals surface area contributed by atoms with E-state index in [-0.39, 0.29) is 28.2 Å². The minimum absolute atomic E-state index is 0.0357. The van der Waals surface area contributed by atoms with Crippen LogP contribution in [0.3, 0.4) is 0 Å². The van der Waals surface area contributed by atoms with E-state index < -0.39 is 10.0 Å². The fourth-order valence-corrected chi connectivity index (χ4v) is 3.91. The van der Waals surface area contributed by atoms with Crippen LogP contribution >= 0.6 is 11.3 Å². The molecule has 130 valence electrons. The normalized spacial score (nSPS) is 12.9. The summed E-state index contributed by atoms with van der Waals surface area (Å²) in [5, 5.41) is 4.80. The zero-order valence-corrected chi connectivity index (χ0v) is 15.6. The number of nitrogens with zero attached hydrogens (tertiary/aromatic N) is 1. The Labute approximate surface area is 146 Å². The summed E-state index contributed by atoms with van der Waals surface area (Å²) in [6, 6.07) is 8.06. The Bertz CT molecular complexity index is 815. The Kier molecular flexibility index (Phi) is 5.63. The number of hydrogen-bond donors (Lipinski definition) is 1. The van der Waals surface area contributed by atoms with Crippen molar-refractivity contribution >= 4 is 27.3 Å². The van der Waals surface area contributed by atoms with Crippen LogP contribution in [0.5, 0.6) is 5.75 Å². The van der Waals surface area contributed by atoms with Crippen molar-refractivity contribution in [3.8, 4) is 5.75 Å². The summed E-state index contributed by atoms with van der Waals surface area (Å²) in [4.78, 5) is 13.4. The number of methoxy groups -OCH3 is 1. The Morgan fingerprint density at radius 3 is 2.54 bits per heavy atom. The van der Waals surface area contributed by atoms with Gasteiger partial charge in [0.25, 0.3) is 5.91 Å². The fourth-order valence-electron chi connectivity index (χ4n) is 2.10. The van der Waals surface area contributed by atoms with Gasteiger partial charge in [-0.05, 0) is 36.6 Å². The zero-order chi connectivity index (χ0) is 17.9. The molecular formula is C16H20N2O4S2. The minimum atomic E-state index is -3.72. The van der Waals surface area contributed by atoms with Crippen LogP contribution in [-0.2, 0) is 10.0 Å². The minimum Gasteiger partial charge on any atom is -0.495 e. The molecule has 0 spiro atoms. The van der Waals surface area contributed by atoms with E-state index in [0.717, 1.165) is 9.18 Å². The topological polar surface area (TPSA) is 75.7 Å². The van der Waals surface area contributed by atoms with Crippen molar-refractivity contribution in [1.29, 1.82) is 0 Å². The van der Waals surface area contributed by atoms with Gasteiger partial charge in [0.2, 0.25) is 10.0 Å². The van der Waals surface area contributed by atoms with Gasteiger partial charge < -0.3 is 10.1 Å². The van der Waals surface area contributed by atoms with Crippen LogP contribution in [0.4, 0.5) is 0 Å². The van der Waals surface area contributed by atoms with Gasteiger partial charge in [0.1, 0.15) is 10.6 Å². The largest absolute Gasteiger partial charge is 0.495 e. The highest BCUT2D eigenvalue weighted by Crippen LogP contribution is 2.27. The first-order chi connectivity index (χ1) is 11.3. The smallest absolute Gasteiger partial charge is 0.251 e. The molecule has 0 saturated carbocycles. The third-order valence-corrected chi connectivity index (χ3v) is 6.39. The Morgan fingerprint density at radius 2 is 2.00 bits per heavy atom. The van der Waals surface area contributed by atoms with Gasteiger partial charge in [0.15, 0.2) is 0 Å². The maximum absolute atomic E-state index is 12.4. The SMILES string of the molecule is COc1ccc(C(=O)NC(C)c2cccs2)cc1S(=O)(=O)N(C)C. The first-order valence-corrected chi connectivity index (χ1v) is 9.54. The molecule has 0 bridgehead atoms. The molecule has 0 radical (unpaired) electrons. The van der Waals surface area contributed by atoms with E-state index >= 15 is 0 Å². The number of carbonyl (C=O) groups is 1. The Hall–Kier alpha value is -1.90. The lowest BCUT2D eigenvalue weighted by atomic mass is 10.2. The summed E-state index contributed by atoms with van der Waals surface area (Å²) in [6.45, 7) is 1.88. The zero-order valence-electron chi connectivity index (χ0n) is 13.9. The second-order valence-electron chi connectivity index (χ2n) is 5.36. The molecule has 0 fully saturated rings. The number of carbonyl (C=O) groups excluding carboxylic acids is 1. The molecule has 1 N–H and O–H groups in total. The lowest BCUT2D eigenvalue weighted by molar-refractivity contribution is 0.0940. The molecule has 2 rings (SSSR count). The number of thiophene rings is 1. The van der Waals surface area contributed by atoms with Crippen LogP contribution in [0.2, 0.25) is 0 Å². The van der Waals surface area contributed by atoms with E-state index in [9.17, 15) is 13.2 Å². The highest BCUT2D eigenvalue weighted by molar-refractivity contribution is 7.89. The molecule has 0 aliphatic heterocycles. The van der Waals surface area contributed by atoms with Crippen LogP contribution in [0.25, 0.3) is 0 Å². The standard InChI is InChI=1S/C16H20N2O4S2/c1-11(14-6-5-9-23-14)17-16(19)12-7-8-13(22-4)15(10-12)24(20,21)18(2)3/h5-11H,1-4H3,(H,17,19). The number of sulfonamides is 1. The molecule has 1 atom stereocenters. The van der Waals surface area contributed by atoms with E-state index in [4.69, 9.17) is 4.74 Å².